The van der Waals surface area contributed by atoms with Crippen molar-refractivity contribution in [1.29, 1.82) is 0 Å². The maximum atomic E-state index is 11.6. The van der Waals surface area contributed by atoms with Crippen LogP contribution in [0.5, 0.6) is 5.75 Å². The number of rotatable bonds is 7. The number of amides is 1. The molecule has 1 aromatic carbocycles. The Morgan fingerprint density at radius 1 is 1.24 bits per heavy atom. The molecule has 2 aromatic rings. The van der Waals surface area contributed by atoms with Gasteiger partial charge in [-0.1, -0.05) is 12.1 Å². The Hall–Kier alpha value is -2.34. The summed E-state index contributed by atoms with van der Waals surface area (Å²) in [4.78, 5) is 23.6. The van der Waals surface area contributed by atoms with Crippen molar-refractivity contribution >= 4 is 23.2 Å². The highest BCUT2D eigenvalue weighted by Gasteiger charge is 2.06. The van der Waals surface area contributed by atoms with Gasteiger partial charge in [0.15, 0.2) is 6.61 Å². The van der Waals surface area contributed by atoms with Gasteiger partial charge in [-0.3, -0.25) is 4.79 Å². The van der Waals surface area contributed by atoms with Crippen molar-refractivity contribution < 1.29 is 19.4 Å². The summed E-state index contributed by atoms with van der Waals surface area (Å²) in [6, 6.07) is 10.0. The van der Waals surface area contributed by atoms with Crippen LogP contribution in [0.3, 0.4) is 0 Å². The van der Waals surface area contributed by atoms with E-state index in [0.29, 0.717) is 12.3 Å². The van der Waals surface area contributed by atoms with Gasteiger partial charge in [0.2, 0.25) is 0 Å². The molecule has 0 aliphatic carbocycles. The zero-order valence-electron chi connectivity index (χ0n) is 11.2. The fourth-order valence-electron chi connectivity index (χ4n) is 1.70. The minimum absolute atomic E-state index is 0.130. The zero-order chi connectivity index (χ0) is 15.1. The highest BCUT2D eigenvalue weighted by molar-refractivity contribution is 7.09. The average Bonchev–Trinajstić information content (AvgIpc) is 2.99. The molecule has 0 radical (unpaired) electrons. The van der Waals surface area contributed by atoms with Crippen LogP contribution in [0.25, 0.3) is 0 Å². The molecule has 5 nitrogen and oxygen atoms in total. The summed E-state index contributed by atoms with van der Waals surface area (Å²) >= 11 is 1.65. The summed E-state index contributed by atoms with van der Waals surface area (Å²) in [7, 11) is 0. The Bertz CT molecular complexity index is 610. The smallest absolute Gasteiger partial charge is 0.335 e. The van der Waals surface area contributed by atoms with Crippen molar-refractivity contribution in [2.45, 2.75) is 6.42 Å². The van der Waals surface area contributed by atoms with Crippen molar-refractivity contribution in [1.82, 2.24) is 5.32 Å². The maximum absolute atomic E-state index is 11.6. The maximum Gasteiger partial charge on any atom is 0.335 e. The average molecular weight is 305 g/mol. The van der Waals surface area contributed by atoms with E-state index in [1.807, 2.05) is 17.5 Å². The molecule has 1 aromatic heterocycles. The third kappa shape index (κ3) is 4.92. The lowest BCUT2D eigenvalue weighted by molar-refractivity contribution is -0.123. The molecule has 1 amide bonds. The zero-order valence-corrected chi connectivity index (χ0v) is 12.1. The first-order valence-electron chi connectivity index (χ1n) is 6.40. The molecule has 0 bridgehead atoms. The molecule has 0 fully saturated rings. The van der Waals surface area contributed by atoms with Crippen LogP contribution in [-0.2, 0) is 11.2 Å². The van der Waals surface area contributed by atoms with Crippen LogP contribution in [-0.4, -0.2) is 30.1 Å². The van der Waals surface area contributed by atoms with Crippen LogP contribution < -0.4 is 10.1 Å². The Kier molecular flexibility index (Phi) is 5.34. The first-order chi connectivity index (χ1) is 10.1. The van der Waals surface area contributed by atoms with E-state index in [-0.39, 0.29) is 18.1 Å². The number of carboxylic acid groups (broad SMARTS) is 1. The number of carboxylic acids is 1. The third-order valence-corrected chi connectivity index (χ3v) is 3.66. The number of carbonyl (C=O) groups is 2. The van der Waals surface area contributed by atoms with Gasteiger partial charge in [0.25, 0.3) is 5.91 Å². The number of hydrogen-bond donors (Lipinski definition) is 2. The van der Waals surface area contributed by atoms with Crippen molar-refractivity contribution in [3.05, 3.63) is 52.2 Å². The van der Waals surface area contributed by atoms with Crippen molar-refractivity contribution in [3.63, 3.8) is 0 Å². The number of thiophene rings is 1. The van der Waals surface area contributed by atoms with E-state index in [1.54, 1.807) is 23.5 Å². The second-order valence-electron chi connectivity index (χ2n) is 4.30. The molecule has 2 rings (SSSR count). The summed E-state index contributed by atoms with van der Waals surface area (Å²) in [5, 5.41) is 13.6. The largest absolute Gasteiger partial charge is 0.484 e. The standard InChI is InChI=1S/C15H15NO4S/c17-14(16-7-6-13-5-2-8-21-13)10-20-12-4-1-3-11(9-12)15(18)19/h1-5,8-9H,6-7,10H2,(H,16,17)(H,18,19). The monoisotopic (exact) mass is 305 g/mol. The van der Waals surface area contributed by atoms with Crippen LogP contribution >= 0.6 is 11.3 Å². The summed E-state index contributed by atoms with van der Waals surface area (Å²) in [5.41, 5.74) is 0.130. The van der Waals surface area contributed by atoms with Gasteiger partial charge < -0.3 is 15.2 Å². The first-order valence-corrected chi connectivity index (χ1v) is 7.28. The van der Waals surface area contributed by atoms with E-state index in [0.717, 1.165) is 6.42 Å². The summed E-state index contributed by atoms with van der Waals surface area (Å²) in [6.07, 6.45) is 0.790. The van der Waals surface area contributed by atoms with E-state index in [1.165, 1.54) is 17.0 Å². The molecule has 110 valence electrons. The molecule has 6 heteroatoms. The van der Waals surface area contributed by atoms with Gasteiger partial charge in [-0.15, -0.1) is 11.3 Å². The fourth-order valence-corrected chi connectivity index (χ4v) is 2.41. The molecule has 0 aliphatic rings. The van der Waals surface area contributed by atoms with Gasteiger partial charge in [-0.05, 0) is 36.1 Å². The lowest BCUT2D eigenvalue weighted by Crippen LogP contribution is -2.30. The van der Waals surface area contributed by atoms with Crippen LogP contribution in [0.2, 0.25) is 0 Å². The highest BCUT2D eigenvalue weighted by Crippen LogP contribution is 2.13. The number of ether oxygens (including phenoxy) is 1. The minimum atomic E-state index is -1.03. The van der Waals surface area contributed by atoms with Gasteiger partial charge in [-0.2, -0.15) is 0 Å². The van der Waals surface area contributed by atoms with Crippen LogP contribution in [0.1, 0.15) is 15.2 Å². The molecule has 2 N–H and O–H groups in total. The van der Waals surface area contributed by atoms with Crippen molar-refractivity contribution in [3.8, 4) is 5.75 Å². The van der Waals surface area contributed by atoms with Crippen molar-refractivity contribution in [2.75, 3.05) is 13.2 Å². The predicted molar refractivity (Wildman–Crippen MR) is 79.9 cm³/mol. The number of benzene rings is 1. The number of carbonyl (C=O) groups excluding carboxylic acids is 1. The summed E-state index contributed by atoms with van der Waals surface area (Å²) in [6.45, 7) is 0.422. The van der Waals surface area contributed by atoms with Gasteiger partial charge >= 0.3 is 5.97 Å². The summed E-state index contributed by atoms with van der Waals surface area (Å²) in [5.74, 6) is -0.892. The normalized spacial score (nSPS) is 10.1. The van der Waals surface area contributed by atoms with Gasteiger partial charge in [0.05, 0.1) is 5.56 Å². The van der Waals surface area contributed by atoms with E-state index in [4.69, 9.17) is 9.84 Å². The topological polar surface area (TPSA) is 75.6 Å². The lowest BCUT2D eigenvalue weighted by Gasteiger charge is -2.07. The highest BCUT2D eigenvalue weighted by atomic mass is 32.1. The van der Waals surface area contributed by atoms with Crippen LogP contribution in [0.15, 0.2) is 41.8 Å². The van der Waals surface area contributed by atoms with E-state index in [2.05, 4.69) is 5.32 Å². The molecule has 0 atom stereocenters. The summed E-state index contributed by atoms with van der Waals surface area (Å²) < 4.78 is 5.27. The third-order valence-electron chi connectivity index (χ3n) is 2.72. The predicted octanol–water partition coefficient (Wildman–Crippen LogP) is 2.18. The molecule has 1 heterocycles. The molecular weight excluding hydrogens is 290 g/mol. The quantitative estimate of drug-likeness (QED) is 0.822. The second kappa shape index (κ2) is 7.44. The SMILES string of the molecule is O=C(COc1cccc(C(=O)O)c1)NCCc1cccs1. The molecular formula is C15H15NO4S. The number of aromatic carboxylic acids is 1. The Morgan fingerprint density at radius 3 is 2.81 bits per heavy atom. The van der Waals surface area contributed by atoms with E-state index < -0.39 is 5.97 Å². The molecule has 0 aliphatic heterocycles. The van der Waals surface area contributed by atoms with Gasteiger partial charge in [-0.25, -0.2) is 4.79 Å². The minimum Gasteiger partial charge on any atom is -0.484 e. The Morgan fingerprint density at radius 2 is 2.10 bits per heavy atom. The molecule has 21 heavy (non-hydrogen) atoms. The molecule has 0 unspecified atom stereocenters. The van der Waals surface area contributed by atoms with Gasteiger partial charge in [0.1, 0.15) is 5.75 Å². The Labute approximate surface area is 126 Å². The number of hydrogen-bond acceptors (Lipinski definition) is 4. The fraction of sp³-hybridized carbons (Fsp3) is 0.200. The second-order valence-corrected chi connectivity index (χ2v) is 5.33. The number of nitrogens with one attached hydrogen (secondary N) is 1. The lowest BCUT2D eigenvalue weighted by atomic mass is 10.2. The first kappa shape index (κ1) is 15.1. The van der Waals surface area contributed by atoms with Crippen molar-refractivity contribution in [2.24, 2.45) is 0 Å². The van der Waals surface area contributed by atoms with Crippen LogP contribution in [0, 0.1) is 0 Å². The molecule has 0 spiro atoms. The molecule has 0 saturated carbocycles. The Balaban J connectivity index is 1.73. The van der Waals surface area contributed by atoms with Crippen LogP contribution in [0.4, 0.5) is 0 Å². The molecule has 0 saturated heterocycles. The van der Waals surface area contributed by atoms with E-state index in [9.17, 15) is 9.59 Å². The van der Waals surface area contributed by atoms with Gasteiger partial charge in [0, 0.05) is 11.4 Å². The van der Waals surface area contributed by atoms with E-state index >= 15 is 0 Å².